The van der Waals surface area contributed by atoms with Crippen LogP contribution in [0.4, 0.5) is 15.8 Å². The van der Waals surface area contributed by atoms with E-state index < -0.39 is 0 Å². The summed E-state index contributed by atoms with van der Waals surface area (Å²) in [4.78, 5) is 10.2. The van der Waals surface area contributed by atoms with E-state index in [2.05, 4.69) is 34.5 Å². The van der Waals surface area contributed by atoms with Gasteiger partial charge in [-0.15, -0.1) is 0 Å². The van der Waals surface area contributed by atoms with E-state index in [0.29, 0.717) is 0 Å². The van der Waals surface area contributed by atoms with Crippen LogP contribution in [0.25, 0.3) is 0 Å². The Bertz CT molecular complexity index is 776. The van der Waals surface area contributed by atoms with E-state index in [-0.39, 0.29) is 12.0 Å². The maximum absolute atomic E-state index is 13.9. The molecule has 1 saturated heterocycles. The van der Waals surface area contributed by atoms with Crippen molar-refractivity contribution in [1.82, 2.24) is 15.4 Å². The zero-order valence-electron chi connectivity index (χ0n) is 15.3. The fourth-order valence-corrected chi connectivity index (χ4v) is 3.64. The summed E-state index contributed by atoms with van der Waals surface area (Å²) in [6.45, 7) is 5.72. The van der Waals surface area contributed by atoms with Gasteiger partial charge in [0.05, 0.1) is 0 Å². The number of benzene rings is 2. The van der Waals surface area contributed by atoms with E-state index in [1.807, 2.05) is 30.2 Å². The van der Waals surface area contributed by atoms with Crippen molar-refractivity contribution in [2.75, 3.05) is 38.1 Å². The Hall–Kier alpha value is -1.99. The van der Waals surface area contributed by atoms with Crippen molar-refractivity contribution < 1.29 is 9.33 Å². The first-order chi connectivity index (χ1) is 12.6. The Kier molecular flexibility index (Phi) is 4.91. The van der Waals surface area contributed by atoms with Crippen molar-refractivity contribution in [1.29, 1.82) is 0 Å². The van der Waals surface area contributed by atoms with Crippen LogP contribution < -0.4 is 10.4 Å². The quantitative estimate of drug-likeness (QED) is 0.852. The number of nitrogens with zero attached hydrogens (tertiary/aromatic N) is 3. The molecule has 1 N–H and O–H groups in total. The lowest BCUT2D eigenvalue weighted by atomic mass is 9.95. The number of hydrogen-bond donors (Lipinski definition) is 1. The fourth-order valence-electron chi connectivity index (χ4n) is 3.64. The summed E-state index contributed by atoms with van der Waals surface area (Å²) in [6, 6.07) is 13.3. The van der Waals surface area contributed by atoms with Crippen LogP contribution in [-0.4, -0.2) is 49.4 Å². The molecule has 2 heterocycles. The number of hydrogen-bond acceptors (Lipinski definition) is 5. The second kappa shape index (κ2) is 7.32. The first kappa shape index (κ1) is 17.4. The SMILES string of the molecule is CC(NON1CCN(C)CC1)N1c2ccccc2Cc2ccc(F)cc21. The van der Waals surface area contributed by atoms with Crippen molar-refractivity contribution in [3.05, 3.63) is 59.4 Å². The molecule has 6 heteroatoms. The zero-order chi connectivity index (χ0) is 18.1. The van der Waals surface area contributed by atoms with Crippen molar-refractivity contribution in [3.63, 3.8) is 0 Å². The Balaban J connectivity index is 1.55. The van der Waals surface area contributed by atoms with Crippen LogP contribution in [0.3, 0.4) is 0 Å². The Labute approximate surface area is 153 Å². The van der Waals surface area contributed by atoms with Gasteiger partial charge < -0.3 is 9.80 Å². The minimum atomic E-state index is -0.222. The van der Waals surface area contributed by atoms with Gasteiger partial charge in [0.15, 0.2) is 0 Å². The van der Waals surface area contributed by atoms with Crippen LogP contribution >= 0.6 is 0 Å². The zero-order valence-corrected chi connectivity index (χ0v) is 15.3. The summed E-state index contributed by atoms with van der Waals surface area (Å²) in [5.74, 6) is -0.222. The monoisotopic (exact) mass is 356 g/mol. The normalized spacial score (nSPS) is 19.1. The molecule has 26 heavy (non-hydrogen) atoms. The molecule has 1 fully saturated rings. The fraction of sp³-hybridized carbons (Fsp3) is 0.400. The highest BCUT2D eigenvalue weighted by Gasteiger charge is 2.27. The number of halogens is 1. The summed E-state index contributed by atoms with van der Waals surface area (Å²) < 4.78 is 13.9. The predicted octanol–water partition coefficient (Wildman–Crippen LogP) is 2.90. The minimum absolute atomic E-state index is 0.142. The van der Waals surface area contributed by atoms with E-state index in [1.54, 1.807) is 6.07 Å². The third kappa shape index (κ3) is 3.46. The molecule has 2 aliphatic rings. The molecule has 4 rings (SSSR count). The molecule has 0 amide bonds. The van der Waals surface area contributed by atoms with Gasteiger partial charge in [-0.05, 0) is 43.3 Å². The molecule has 2 aromatic rings. The molecule has 0 aromatic heterocycles. The second-order valence-corrected chi connectivity index (χ2v) is 7.07. The smallest absolute Gasteiger partial charge is 0.125 e. The number of piperazine rings is 1. The van der Waals surface area contributed by atoms with Gasteiger partial charge in [0.1, 0.15) is 12.0 Å². The van der Waals surface area contributed by atoms with E-state index in [4.69, 9.17) is 4.94 Å². The summed E-state index contributed by atoms with van der Waals surface area (Å²) in [5, 5.41) is 1.94. The lowest BCUT2D eigenvalue weighted by molar-refractivity contribution is -0.229. The lowest BCUT2D eigenvalue weighted by Crippen LogP contribution is -2.50. The molecule has 1 unspecified atom stereocenters. The average molecular weight is 356 g/mol. The molecule has 1 atom stereocenters. The number of anilines is 2. The van der Waals surface area contributed by atoms with Gasteiger partial charge in [-0.25, -0.2) is 9.33 Å². The van der Waals surface area contributed by atoms with Crippen LogP contribution in [0.1, 0.15) is 18.1 Å². The highest BCUT2D eigenvalue weighted by atomic mass is 19.1. The summed E-state index contributed by atoms with van der Waals surface area (Å²) >= 11 is 0. The Morgan fingerprint density at radius 1 is 1.00 bits per heavy atom. The van der Waals surface area contributed by atoms with Crippen molar-refractivity contribution in [2.45, 2.75) is 19.5 Å². The third-order valence-corrected chi connectivity index (χ3v) is 5.14. The first-order valence-corrected chi connectivity index (χ1v) is 9.13. The standard InChI is InChI=1S/C20H25FN4O/c1-15(22-26-24-11-9-23(2)10-12-24)25-19-6-4-3-5-16(19)13-17-7-8-18(21)14-20(17)25/h3-8,14-15,22H,9-13H2,1-2H3. The number of likely N-dealkylation sites (N-methyl/N-ethyl adjacent to an activating group) is 1. The van der Waals surface area contributed by atoms with Crippen LogP contribution in [0.2, 0.25) is 0 Å². The minimum Gasteiger partial charge on any atom is -0.323 e. The van der Waals surface area contributed by atoms with E-state index >= 15 is 0 Å². The molecule has 0 spiro atoms. The van der Waals surface area contributed by atoms with Gasteiger partial charge in [-0.2, -0.15) is 10.5 Å². The topological polar surface area (TPSA) is 31.0 Å². The maximum Gasteiger partial charge on any atom is 0.125 e. The van der Waals surface area contributed by atoms with Gasteiger partial charge in [0.2, 0.25) is 0 Å². The predicted molar refractivity (Wildman–Crippen MR) is 101 cm³/mol. The highest BCUT2D eigenvalue weighted by Crippen LogP contribution is 2.39. The third-order valence-electron chi connectivity index (χ3n) is 5.14. The molecule has 2 aromatic carbocycles. The molecule has 0 saturated carbocycles. The summed E-state index contributed by atoms with van der Waals surface area (Å²) in [6.07, 6.45) is 0.672. The second-order valence-electron chi connectivity index (χ2n) is 7.07. The van der Waals surface area contributed by atoms with Gasteiger partial charge in [-0.1, -0.05) is 24.3 Å². The van der Waals surface area contributed by atoms with E-state index in [9.17, 15) is 4.39 Å². The summed E-state index contributed by atoms with van der Waals surface area (Å²) in [5.41, 5.74) is 7.49. The van der Waals surface area contributed by atoms with Crippen LogP contribution in [0, 0.1) is 5.82 Å². The number of hydroxylamine groups is 3. The van der Waals surface area contributed by atoms with E-state index in [0.717, 1.165) is 49.5 Å². The van der Waals surface area contributed by atoms with Crippen molar-refractivity contribution in [3.8, 4) is 0 Å². The number of nitrogens with one attached hydrogen (secondary N) is 1. The van der Waals surface area contributed by atoms with Crippen molar-refractivity contribution in [2.24, 2.45) is 0 Å². The van der Waals surface area contributed by atoms with Crippen LogP contribution in [0.15, 0.2) is 42.5 Å². The molecule has 5 nitrogen and oxygen atoms in total. The van der Waals surface area contributed by atoms with Gasteiger partial charge in [0.25, 0.3) is 0 Å². The highest BCUT2D eigenvalue weighted by molar-refractivity contribution is 5.74. The molecule has 2 aliphatic heterocycles. The van der Waals surface area contributed by atoms with Gasteiger partial charge >= 0.3 is 0 Å². The maximum atomic E-state index is 13.9. The van der Waals surface area contributed by atoms with Crippen LogP contribution in [-0.2, 0) is 11.4 Å². The molecule has 138 valence electrons. The van der Waals surface area contributed by atoms with E-state index in [1.165, 1.54) is 11.6 Å². The number of fused-ring (bicyclic) bond motifs is 2. The average Bonchev–Trinajstić information content (AvgIpc) is 2.65. The Morgan fingerprint density at radius 3 is 2.54 bits per heavy atom. The number of rotatable bonds is 4. The molecular formula is C20H25FN4O. The van der Waals surface area contributed by atoms with Crippen LogP contribution in [0.5, 0.6) is 0 Å². The Morgan fingerprint density at radius 2 is 1.73 bits per heavy atom. The molecule has 0 radical (unpaired) electrons. The lowest BCUT2D eigenvalue weighted by Gasteiger charge is -2.39. The summed E-state index contributed by atoms with van der Waals surface area (Å²) in [7, 11) is 2.11. The molecule has 0 bridgehead atoms. The van der Waals surface area contributed by atoms with Gasteiger partial charge in [-0.3, -0.25) is 0 Å². The van der Waals surface area contributed by atoms with Gasteiger partial charge in [0, 0.05) is 44.0 Å². The van der Waals surface area contributed by atoms with Crippen molar-refractivity contribution >= 4 is 11.4 Å². The molecule has 0 aliphatic carbocycles. The number of para-hydroxylation sites is 1. The molecular weight excluding hydrogens is 331 g/mol. The largest absolute Gasteiger partial charge is 0.323 e. The first-order valence-electron chi connectivity index (χ1n) is 9.13.